The number of nitrogens with zero attached hydrogens (tertiary/aromatic N) is 1. The van der Waals surface area contributed by atoms with E-state index in [1.807, 2.05) is 23.9 Å². The predicted octanol–water partition coefficient (Wildman–Crippen LogP) is 2.08. The van der Waals surface area contributed by atoms with Crippen LogP contribution in [0.2, 0.25) is 0 Å². The average Bonchev–Trinajstić information content (AvgIpc) is 2.40. The monoisotopic (exact) mass is 266 g/mol. The number of hydrogen-bond acceptors (Lipinski definition) is 4. The van der Waals surface area contributed by atoms with Gasteiger partial charge in [0.25, 0.3) is 0 Å². The van der Waals surface area contributed by atoms with Crippen LogP contribution in [0.5, 0.6) is 5.75 Å². The number of rotatable bonds is 5. The first-order chi connectivity index (χ1) is 8.78. The average molecular weight is 266 g/mol. The predicted molar refractivity (Wildman–Crippen MR) is 77.6 cm³/mol. The summed E-state index contributed by atoms with van der Waals surface area (Å²) < 4.78 is 5.17. The molecule has 1 aromatic carbocycles. The van der Waals surface area contributed by atoms with Crippen molar-refractivity contribution in [3.05, 3.63) is 24.3 Å². The lowest BCUT2D eigenvalue weighted by Crippen LogP contribution is -2.45. The summed E-state index contributed by atoms with van der Waals surface area (Å²) in [5.41, 5.74) is 0. The number of methoxy groups -OCH3 is 1. The van der Waals surface area contributed by atoms with E-state index in [-0.39, 0.29) is 0 Å². The largest absolute Gasteiger partial charge is 0.497 e. The Morgan fingerprint density at radius 3 is 2.56 bits per heavy atom. The van der Waals surface area contributed by atoms with E-state index in [0.29, 0.717) is 5.25 Å². The van der Waals surface area contributed by atoms with Crippen LogP contribution in [0.3, 0.4) is 0 Å². The maximum Gasteiger partial charge on any atom is 0.118 e. The lowest BCUT2D eigenvalue weighted by molar-refractivity contribution is 0.244. The number of nitrogens with one attached hydrogen (secondary N) is 1. The Kier molecular flexibility index (Phi) is 5.35. The van der Waals surface area contributed by atoms with E-state index in [1.165, 1.54) is 24.5 Å². The zero-order valence-corrected chi connectivity index (χ0v) is 12.0. The minimum absolute atomic E-state index is 0.622. The number of benzene rings is 1. The van der Waals surface area contributed by atoms with Gasteiger partial charge in [0.15, 0.2) is 0 Å². The normalized spacial score (nSPS) is 18.6. The van der Waals surface area contributed by atoms with Crippen molar-refractivity contribution in [2.24, 2.45) is 0 Å². The van der Waals surface area contributed by atoms with Crippen molar-refractivity contribution in [2.45, 2.75) is 17.1 Å². The Balaban J connectivity index is 1.80. The van der Waals surface area contributed by atoms with Crippen LogP contribution in [0.1, 0.15) is 6.92 Å². The maximum atomic E-state index is 5.17. The fourth-order valence-corrected chi connectivity index (χ4v) is 3.22. The minimum Gasteiger partial charge on any atom is -0.497 e. The second kappa shape index (κ2) is 7.02. The summed E-state index contributed by atoms with van der Waals surface area (Å²) in [6.07, 6.45) is 0. The van der Waals surface area contributed by atoms with Crippen LogP contribution >= 0.6 is 11.8 Å². The molecule has 0 saturated carbocycles. The van der Waals surface area contributed by atoms with Gasteiger partial charge in [0.05, 0.1) is 7.11 Å². The highest BCUT2D eigenvalue weighted by atomic mass is 32.2. The van der Waals surface area contributed by atoms with Gasteiger partial charge in [0, 0.05) is 42.9 Å². The molecule has 0 amide bonds. The zero-order valence-electron chi connectivity index (χ0n) is 11.2. The van der Waals surface area contributed by atoms with Crippen molar-refractivity contribution >= 4 is 11.8 Å². The lowest BCUT2D eigenvalue weighted by atomic mass is 10.3. The van der Waals surface area contributed by atoms with Gasteiger partial charge in [-0.05, 0) is 24.3 Å². The van der Waals surface area contributed by atoms with Crippen molar-refractivity contribution < 1.29 is 4.74 Å². The molecule has 1 saturated heterocycles. The first-order valence-corrected chi connectivity index (χ1v) is 7.39. The highest BCUT2D eigenvalue weighted by Crippen LogP contribution is 2.25. The molecule has 1 atom stereocenters. The molecule has 0 bridgehead atoms. The Labute approximate surface area is 114 Å². The molecule has 3 nitrogen and oxygen atoms in total. The Morgan fingerprint density at radius 1 is 1.28 bits per heavy atom. The summed E-state index contributed by atoms with van der Waals surface area (Å²) in [5.74, 6) is 0.925. The van der Waals surface area contributed by atoms with Gasteiger partial charge in [-0.1, -0.05) is 6.92 Å². The first kappa shape index (κ1) is 13.7. The van der Waals surface area contributed by atoms with Crippen molar-refractivity contribution in [1.29, 1.82) is 0 Å². The second-order valence-electron chi connectivity index (χ2n) is 4.65. The zero-order chi connectivity index (χ0) is 12.8. The van der Waals surface area contributed by atoms with E-state index in [0.717, 1.165) is 18.8 Å². The molecule has 1 aromatic rings. The summed E-state index contributed by atoms with van der Waals surface area (Å²) in [6.45, 7) is 8.07. The van der Waals surface area contributed by atoms with Crippen molar-refractivity contribution in [3.63, 3.8) is 0 Å². The van der Waals surface area contributed by atoms with Crippen LogP contribution in [0.25, 0.3) is 0 Å². The number of hydrogen-bond donors (Lipinski definition) is 1. The maximum absolute atomic E-state index is 5.17. The van der Waals surface area contributed by atoms with Crippen molar-refractivity contribution in [3.8, 4) is 5.75 Å². The molecule has 1 aliphatic heterocycles. The van der Waals surface area contributed by atoms with Crippen molar-refractivity contribution in [1.82, 2.24) is 10.2 Å². The van der Waals surface area contributed by atoms with Gasteiger partial charge in [-0.2, -0.15) is 0 Å². The molecule has 2 rings (SSSR count). The van der Waals surface area contributed by atoms with Crippen LogP contribution in [-0.4, -0.2) is 50.0 Å². The smallest absolute Gasteiger partial charge is 0.118 e. The second-order valence-corrected chi connectivity index (χ2v) is 6.17. The van der Waals surface area contributed by atoms with Crippen LogP contribution in [0, 0.1) is 0 Å². The van der Waals surface area contributed by atoms with Crippen LogP contribution in [0.4, 0.5) is 0 Å². The topological polar surface area (TPSA) is 24.5 Å². The van der Waals surface area contributed by atoms with Gasteiger partial charge in [0.2, 0.25) is 0 Å². The summed E-state index contributed by atoms with van der Waals surface area (Å²) in [7, 11) is 1.70. The van der Waals surface area contributed by atoms with E-state index in [1.54, 1.807) is 7.11 Å². The van der Waals surface area contributed by atoms with Gasteiger partial charge < -0.3 is 10.1 Å². The third-order valence-electron chi connectivity index (χ3n) is 3.12. The lowest BCUT2D eigenvalue weighted by Gasteiger charge is -2.29. The number of thioether (sulfide) groups is 1. The summed E-state index contributed by atoms with van der Waals surface area (Å²) in [5, 5.41) is 4.01. The summed E-state index contributed by atoms with van der Waals surface area (Å²) in [6, 6.07) is 8.33. The SMILES string of the molecule is COc1ccc(SC(C)CN2CCNCC2)cc1. The molecule has 1 heterocycles. The molecule has 0 radical (unpaired) electrons. The van der Waals surface area contributed by atoms with Gasteiger partial charge in [-0.15, -0.1) is 11.8 Å². The van der Waals surface area contributed by atoms with E-state index < -0.39 is 0 Å². The molecule has 4 heteroatoms. The molecule has 1 fully saturated rings. The van der Waals surface area contributed by atoms with E-state index in [9.17, 15) is 0 Å². The number of ether oxygens (including phenoxy) is 1. The fourth-order valence-electron chi connectivity index (χ4n) is 2.18. The van der Waals surface area contributed by atoms with Gasteiger partial charge in [-0.3, -0.25) is 4.90 Å². The minimum atomic E-state index is 0.622. The molecule has 0 aromatic heterocycles. The summed E-state index contributed by atoms with van der Waals surface area (Å²) in [4.78, 5) is 3.86. The van der Waals surface area contributed by atoms with Gasteiger partial charge in [0.1, 0.15) is 5.75 Å². The molecule has 18 heavy (non-hydrogen) atoms. The highest BCUT2D eigenvalue weighted by Gasteiger charge is 2.13. The van der Waals surface area contributed by atoms with Crippen LogP contribution in [0.15, 0.2) is 29.2 Å². The molecule has 100 valence electrons. The first-order valence-electron chi connectivity index (χ1n) is 6.51. The van der Waals surface area contributed by atoms with Gasteiger partial charge in [-0.25, -0.2) is 0 Å². The Bertz CT molecular complexity index is 349. The molecular formula is C14H22N2OS. The molecule has 1 aliphatic rings. The molecule has 1 N–H and O–H groups in total. The highest BCUT2D eigenvalue weighted by molar-refractivity contribution is 8.00. The molecule has 0 aliphatic carbocycles. The van der Waals surface area contributed by atoms with Gasteiger partial charge >= 0.3 is 0 Å². The number of piperazine rings is 1. The summed E-state index contributed by atoms with van der Waals surface area (Å²) >= 11 is 1.94. The molecular weight excluding hydrogens is 244 g/mol. The van der Waals surface area contributed by atoms with Crippen LogP contribution < -0.4 is 10.1 Å². The van der Waals surface area contributed by atoms with Crippen LogP contribution in [-0.2, 0) is 0 Å². The molecule has 1 unspecified atom stereocenters. The van der Waals surface area contributed by atoms with E-state index >= 15 is 0 Å². The third kappa shape index (κ3) is 4.19. The quantitative estimate of drug-likeness (QED) is 0.825. The van der Waals surface area contributed by atoms with E-state index in [2.05, 4.69) is 29.3 Å². The Hall–Kier alpha value is -0.710. The third-order valence-corrected chi connectivity index (χ3v) is 4.22. The Morgan fingerprint density at radius 2 is 1.94 bits per heavy atom. The molecule has 0 spiro atoms. The standard InChI is InChI=1S/C14H22N2OS/c1-12(11-16-9-7-15-8-10-16)18-14-5-3-13(17-2)4-6-14/h3-6,12,15H,7-11H2,1-2H3. The van der Waals surface area contributed by atoms with E-state index in [4.69, 9.17) is 4.74 Å². The fraction of sp³-hybridized carbons (Fsp3) is 0.571. The van der Waals surface area contributed by atoms with Crippen molar-refractivity contribution in [2.75, 3.05) is 39.8 Å².